The van der Waals surface area contributed by atoms with Crippen molar-refractivity contribution in [1.82, 2.24) is 5.32 Å². The van der Waals surface area contributed by atoms with Crippen LogP contribution in [0.1, 0.15) is 19.4 Å². The molecule has 0 unspecified atom stereocenters. The van der Waals surface area contributed by atoms with E-state index in [-0.39, 0.29) is 5.82 Å². The molecule has 0 aliphatic carbocycles. The fourth-order valence-electron chi connectivity index (χ4n) is 2.79. The van der Waals surface area contributed by atoms with Crippen LogP contribution in [-0.4, -0.2) is 39.8 Å². The highest BCUT2D eigenvalue weighted by Crippen LogP contribution is 2.24. The smallest absolute Gasteiger partial charge is 0.243 e. The quantitative estimate of drug-likeness (QED) is 0.692. The van der Waals surface area contributed by atoms with Crippen LogP contribution in [-0.2, 0) is 21.2 Å². The van der Waals surface area contributed by atoms with Crippen molar-refractivity contribution in [2.45, 2.75) is 26.3 Å². The lowest BCUT2D eigenvalue weighted by Gasteiger charge is -2.28. The van der Waals surface area contributed by atoms with Gasteiger partial charge in [0, 0.05) is 6.54 Å². The Morgan fingerprint density at radius 1 is 1.14 bits per heavy atom. The van der Waals surface area contributed by atoms with Crippen molar-refractivity contribution in [2.24, 2.45) is 0 Å². The van der Waals surface area contributed by atoms with Gasteiger partial charge in [-0.2, -0.15) is 0 Å². The van der Waals surface area contributed by atoms with Crippen LogP contribution in [0.3, 0.4) is 0 Å². The van der Waals surface area contributed by atoms with Crippen LogP contribution in [0.4, 0.5) is 10.1 Å². The minimum absolute atomic E-state index is 0.315. The number of benzene rings is 2. The van der Waals surface area contributed by atoms with Crippen molar-refractivity contribution < 1.29 is 22.3 Å². The first kappa shape index (κ1) is 21.7. The molecule has 2 aromatic carbocycles. The molecule has 0 heterocycles. The summed E-state index contributed by atoms with van der Waals surface area (Å²) in [6.07, 6.45) is 1.58. The first-order valence-corrected chi connectivity index (χ1v) is 10.8. The number of halogens is 1. The van der Waals surface area contributed by atoms with Crippen molar-refractivity contribution in [3.8, 4) is 5.75 Å². The average molecular weight is 408 g/mol. The Morgan fingerprint density at radius 2 is 1.75 bits per heavy atom. The van der Waals surface area contributed by atoms with Crippen molar-refractivity contribution >= 4 is 21.6 Å². The van der Waals surface area contributed by atoms with Crippen molar-refractivity contribution in [3.63, 3.8) is 0 Å². The fraction of sp³-hybridized carbons (Fsp3) is 0.350. The van der Waals surface area contributed by atoms with E-state index in [1.165, 1.54) is 19.1 Å². The van der Waals surface area contributed by atoms with Gasteiger partial charge in [-0.05, 0) is 62.2 Å². The summed E-state index contributed by atoms with van der Waals surface area (Å²) in [6, 6.07) is 11.6. The third kappa shape index (κ3) is 5.95. The molecular formula is C20H25FN2O4S. The molecule has 0 aromatic heterocycles. The van der Waals surface area contributed by atoms with E-state index in [9.17, 15) is 17.6 Å². The van der Waals surface area contributed by atoms with Gasteiger partial charge in [0.2, 0.25) is 15.9 Å². The summed E-state index contributed by atoms with van der Waals surface area (Å²) in [5.74, 6) is -0.113. The maximum Gasteiger partial charge on any atom is 0.243 e. The molecule has 28 heavy (non-hydrogen) atoms. The molecule has 0 saturated carbocycles. The minimum atomic E-state index is -3.68. The van der Waals surface area contributed by atoms with Crippen LogP contribution in [0, 0.1) is 5.82 Å². The van der Waals surface area contributed by atoms with Crippen LogP contribution in [0.25, 0.3) is 0 Å². The monoisotopic (exact) mass is 408 g/mol. The number of rotatable bonds is 9. The van der Waals surface area contributed by atoms with Crippen LogP contribution in [0.15, 0.2) is 48.5 Å². The number of amides is 1. The van der Waals surface area contributed by atoms with E-state index in [4.69, 9.17) is 4.74 Å². The zero-order valence-corrected chi connectivity index (χ0v) is 17.0. The first-order valence-electron chi connectivity index (χ1n) is 8.96. The lowest BCUT2D eigenvalue weighted by atomic mass is 10.1. The predicted octanol–water partition coefficient (Wildman–Crippen LogP) is 2.74. The lowest BCUT2D eigenvalue weighted by Crippen LogP contribution is -2.48. The summed E-state index contributed by atoms with van der Waals surface area (Å²) in [4.78, 5) is 12.5. The Labute approximate surface area is 165 Å². The van der Waals surface area contributed by atoms with Crippen LogP contribution in [0.5, 0.6) is 5.75 Å². The van der Waals surface area contributed by atoms with E-state index in [1.807, 2.05) is 6.92 Å². The molecule has 0 spiro atoms. The van der Waals surface area contributed by atoms with Gasteiger partial charge in [0.25, 0.3) is 0 Å². The molecule has 0 aliphatic heterocycles. The molecule has 0 fully saturated rings. The van der Waals surface area contributed by atoms with E-state index >= 15 is 0 Å². The number of hydrogen-bond donors (Lipinski definition) is 1. The maximum absolute atomic E-state index is 12.9. The molecule has 6 nitrogen and oxygen atoms in total. The second-order valence-electron chi connectivity index (χ2n) is 6.33. The summed E-state index contributed by atoms with van der Waals surface area (Å²) in [6.45, 7) is 4.21. The second kappa shape index (κ2) is 9.54. The van der Waals surface area contributed by atoms with Crippen LogP contribution < -0.4 is 14.4 Å². The largest absolute Gasteiger partial charge is 0.494 e. The third-order valence-corrected chi connectivity index (χ3v) is 5.36. The van der Waals surface area contributed by atoms with Gasteiger partial charge in [-0.15, -0.1) is 0 Å². The number of nitrogens with zero attached hydrogens (tertiary/aromatic N) is 1. The number of ether oxygens (including phenoxy) is 1. The summed E-state index contributed by atoms with van der Waals surface area (Å²) in [5.41, 5.74) is 1.26. The Balaban J connectivity index is 2.06. The van der Waals surface area contributed by atoms with Crippen LogP contribution >= 0.6 is 0 Å². The van der Waals surface area contributed by atoms with E-state index in [0.717, 1.165) is 16.1 Å². The summed E-state index contributed by atoms with van der Waals surface area (Å²) >= 11 is 0. The standard InChI is InChI=1S/C20H25FN2O4S/c1-4-27-19-11-9-18(10-12-19)23(28(3,25)26)15(2)20(24)22-14-13-16-5-7-17(21)8-6-16/h5-12,15H,4,13-14H2,1-3H3,(H,22,24)/t15-/m1/s1. The first-order chi connectivity index (χ1) is 13.2. The Kier molecular flexibility index (Phi) is 7.39. The molecule has 2 rings (SSSR count). The SMILES string of the molecule is CCOc1ccc(N([C@H](C)C(=O)NCCc2ccc(F)cc2)S(C)(=O)=O)cc1. The Hall–Kier alpha value is -2.61. The van der Waals surface area contributed by atoms with E-state index in [2.05, 4.69) is 5.32 Å². The summed E-state index contributed by atoms with van der Waals surface area (Å²) in [5, 5.41) is 2.74. The van der Waals surface area contributed by atoms with Gasteiger partial charge < -0.3 is 10.1 Å². The third-order valence-electron chi connectivity index (χ3n) is 4.12. The molecule has 1 amide bonds. The van der Waals surface area contributed by atoms with Gasteiger partial charge in [0.15, 0.2) is 0 Å². The highest BCUT2D eigenvalue weighted by atomic mass is 32.2. The number of hydrogen-bond acceptors (Lipinski definition) is 4. The van der Waals surface area contributed by atoms with Crippen molar-refractivity contribution in [1.29, 1.82) is 0 Å². The number of sulfonamides is 1. The molecule has 0 radical (unpaired) electrons. The van der Waals surface area contributed by atoms with Gasteiger partial charge in [0.1, 0.15) is 17.6 Å². The molecule has 2 aromatic rings. The van der Waals surface area contributed by atoms with E-state index < -0.39 is 22.0 Å². The Bertz CT molecular complexity index is 883. The van der Waals surface area contributed by atoms with Gasteiger partial charge in [-0.25, -0.2) is 12.8 Å². The van der Waals surface area contributed by atoms with Gasteiger partial charge in [0.05, 0.1) is 18.6 Å². The molecular weight excluding hydrogens is 383 g/mol. The van der Waals surface area contributed by atoms with Crippen molar-refractivity contribution in [3.05, 3.63) is 59.9 Å². The average Bonchev–Trinajstić information content (AvgIpc) is 2.64. The molecule has 0 aliphatic rings. The van der Waals surface area contributed by atoms with Crippen LogP contribution in [0.2, 0.25) is 0 Å². The van der Waals surface area contributed by atoms with E-state index in [0.29, 0.717) is 31.0 Å². The van der Waals surface area contributed by atoms with Crippen molar-refractivity contribution in [2.75, 3.05) is 23.7 Å². The number of anilines is 1. The summed E-state index contributed by atoms with van der Waals surface area (Å²) in [7, 11) is -3.68. The number of carbonyl (C=O) groups excluding carboxylic acids is 1. The number of carbonyl (C=O) groups is 1. The minimum Gasteiger partial charge on any atom is -0.494 e. The normalized spacial score (nSPS) is 12.3. The highest BCUT2D eigenvalue weighted by molar-refractivity contribution is 7.92. The second-order valence-corrected chi connectivity index (χ2v) is 8.19. The summed E-state index contributed by atoms with van der Waals surface area (Å²) < 4.78 is 44.0. The molecule has 0 bridgehead atoms. The maximum atomic E-state index is 12.9. The zero-order valence-electron chi connectivity index (χ0n) is 16.2. The Morgan fingerprint density at radius 3 is 2.29 bits per heavy atom. The fourth-order valence-corrected chi connectivity index (χ4v) is 3.97. The molecule has 8 heteroatoms. The van der Waals surface area contributed by atoms with Gasteiger partial charge in [-0.3, -0.25) is 9.10 Å². The topological polar surface area (TPSA) is 75.7 Å². The molecule has 1 N–H and O–H groups in total. The predicted molar refractivity (Wildman–Crippen MR) is 108 cm³/mol. The highest BCUT2D eigenvalue weighted by Gasteiger charge is 2.28. The molecule has 0 saturated heterocycles. The lowest BCUT2D eigenvalue weighted by molar-refractivity contribution is -0.121. The molecule has 152 valence electrons. The van der Waals surface area contributed by atoms with Gasteiger partial charge in [-0.1, -0.05) is 12.1 Å². The van der Waals surface area contributed by atoms with Gasteiger partial charge >= 0.3 is 0 Å². The van der Waals surface area contributed by atoms with E-state index in [1.54, 1.807) is 36.4 Å². The zero-order chi connectivity index (χ0) is 20.7. The molecule has 1 atom stereocenters. The number of nitrogens with one attached hydrogen (secondary N) is 1.